The topological polar surface area (TPSA) is 103 Å². The zero-order valence-electron chi connectivity index (χ0n) is 15.0. The quantitative estimate of drug-likeness (QED) is 0.724. The van der Waals surface area contributed by atoms with Crippen LogP contribution in [0.3, 0.4) is 0 Å². The Hall–Kier alpha value is -2.29. The highest BCUT2D eigenvalue weighted by Crippen LogP contribution is 2.27. The predicted molar refractivity (Wildman–Crippen MR) is 103 cm³/mol. The Morgan fingerprint density at radius 3 is 2.44 bits per heavy atom. The molecule has 1 aromatic heterocycles. The van der Waals surface area contributed by atoms with E-state index >= 15 is 0 Å². The first-order chi connectivity index (χ1) is 13.0. The van der Waals surface area contributed by atoms with Gasteiger partial charge in [0.25, 0.3) is 0 Å². The highest BCUT2D eigenvalue weighted by Gasteiger charge is 2.34. The van der Waals surface area contributed by atoms with Crippen LogP contribution in [0.1, 0.15) is 28.9 Å². The van der Waals surface area contributed by atoms with Gasteiger partial charge in [-0.25, -0.2) is 8.42 Å². The molecule has 1 saturated heterocycles. The molecule has 1 aliphatic rings. The number of pyridine rings is 1. The molecule has 144 valence electrons. The summed E-state index contributed by atoms with van der Waals surface area (Å²) in [6, 6.07) is 12.3. The second kappa shape index (κ2) is 8.60. The van der Waals surface area contributed by atoms with Crippen LogP contribution in [0.2, 0.25) is 0 Å². The molecule has 2 N–H and O–H groups in total. The van der Waals surface area contributed by atoms with Crippen LogP contribution in [0.5, 0.6) is 0 Å². The van der Waals surface area contributed by atoms with Crippen molar-refractivity contribution in [2.45, 2.75) is 24.6 Å². The molecular formula is C19H23N3O4S. The Labute approximate surface area is 159 Å². The Kier molecular flexibility index (Phi) is 6.20. The van der Waals surface area contributed by atoms with Gasteiger partial charge in [-0.1, -0.05) is 18.2 Å². The van der Waals surface area contributed by atoms with E-state index in [0.717, 1.165) is 0 Å². The summed E-state index contributed by atoms with van der Waals surface area (Å²) < 4.78 is 33.3. The first-order valence-electron chi connectivity index (χ1n) is 8.85. The smallest absolute Gasteiger partial charge is 0.238 e. The average Bonchev–Trinajstić information content (AvgIpc) is 2.73. The van der Waals surface area contributed by atoms with Crippen LogP contribution in [0, 0.1) is 0 Å². The standard InChI is InChI=1S/C19H23N3O4S/c20-12-19(23)15-6-7-16(21-13-15)14-22(17-4-2-1-3-5-17)27(24,25)18-8-10-26-11-9-18/h1-7,13,18H,8-12,14,20H2. The molecule has 0 bridgehead atoms. The minimum atomic E-state index is -3.58. The summed E-state index contributed by atoms with van der Waals surface area (Å²) in [5.74, 6) is -0.205. The van der Waals surface area contributed by atoms with Crippen molar-refractivity contribution in [1.82, 2.24) is 4.98 Å². The van der Waals surface area contributed by atoms with E-state index in [1.165, 1.54) is 10.5 Å². The second-order valence-corrected chi connectivity index (χ2v) is 8.50. The molecule has 1 aromatic carbocycles. The van der Waals surface area contributed by atoms with E-state index in [9.17, 15) is 13.2 Å². The zero-order chi connectivity index (χ0) is 19.3. The number of ketones is 1. The van der Waals surface area contributed by atoms with Gasteiger partial charge in [-0.2, -0.15) is 0 Å². The summed E-state index contributed by atoms with van der Waals surface area (Å²) in [4.78, 5) is 15.9. The summed E-state index contributed by atoms with van der Waals surface area (Å²) in [5.41, 5.74) is 6.93. The number of ether oxygens (including phenoxy) is 1. The molecule has 2 aromatic rings. The van der Waals surface area contributed by atoms with E-state index < -0.39 is 15.3 Å². The highest BCUT2D eigenvalue weighted by molar-refractivity contribution is 7.93. The lowest BCUT2D eigenvalue weighted by molar-refractivity contribution is 0.0983. The number of nitrogens with two attached hydrogens (primary N) is 1. The SMILES string of the molecule is NCC(=O)c1ccc(CN(c2ccccc2)S(=O)(=O)C2CCOCC2)nc1. The van der Waals surface area contributed by atoms with Crippen LogP contribution < -0.4 is 10.0 Å². The number of nitrogens with zero attached hydrogens (tertiary/aromatic N) is 2. The van der Waals surface area contributed by atoms with Gasteiger partial charge in [0.15, 0.2) is 5.78 Å². The molecule has 3 rings (SSSR count). The monoisotopic (exact) mass is 389 g/mol. The van der Waals surface area contributed by atoms with Crippen LogP contribution in [0.4, 0.5) is 5.69 Å². The number of rotatable bonds is 7. The van der Waals surface area contributed by atoms with Crippen molar-refractivity contribution < 1.29 is 17.9 Å². The minimum Gasteiger partial charge on any atom is -0.381 e. The Bertz CT molecular complexity index is 864. The summed E-state index contributed by atoms with van der Waals surface area (Å²) >= 11 is 0. The highest BCUT2D eigenvalue weighted by atomic mass is 32.2. The van der Waals surface area contributed by atoms with Gasteiger partial charge in [0, 0.05) is 25.0 Å². The molecule has 0 aliphatic carbocycles. The molecule has 0 saturated carbocycles. The van der Waals surface area contributed by atoms with Crippen molar-refractivity contribution in [3.05, 3.63) is 59.9 Å². The van der Waals surface area contributed by atoms with E-state index in [1.807, 2.05) is 6.07 Å². The van der Waals surface area contributed by atoms with Crippen molar-refractivity contribution in [1.29, 1.82) is 0 Å². The summed E-state index contributed by atoms with van der Waals surface area (Å²) in [6.07, 6.45) is 2.39. The second-order valence-electron chi connectivity index (χ2n) is 6.36. The van der Waals surface area contributed by atoms with Crippen molar-refractivity contribution >= 4 is 21.5 Å². The van der Waals surface area contributed by atoms with Gasteiger partial charge in [-0.3, -0.25) is 14.1 Å². The van der Waals surface area contributed by atoms with E-state index in [4.69, 9.17) is 10.5 Å². The number of carbonyl (C=O) groups excluding carboxylic acids is 1. The molecule has 0 radical (unpaired) electrons. The van der Waals surface area contributed by atoms with Gasteiger partial charge in [0.1, 0.15) is 0 Å². The van der Waals surface area contributed by atoms with Crippen LogP contribution in [0.25, 0.3) is 0 Å². The number of Topliss-reactive ketones (excluding diaryl/α,β-unsaturated/α-hetero) is 1. The molecule has 0 unspecified atom stereocenters. The van der Waals surface area contributed by atoms with Crippen LogP contribution in [0.15, 0.2) is 48.7 Å². The fourth-order valence-electron chi connectivity index (χ4n) is 3.02. The van der Waals surface area contributed by atoms with Gasteiger partial charge in [0.05, 0.1) is 29.7 Å². The molecule has 1 fully saturated rings. The zero-order valence-corrected chi connectivity index (χ0v) is 15.8. The van der Waals surface area contributed by atoms with E-state index in [-0.39, 0.29) is 18.9 Å². The molecule has 1 aliphatic heterocycles. The Morgan fingerprint density at radius 1 is 1.15 bits per heavy atom. The molecule has 0 amide bonds. The first-order valence-corrected chi connectivity index (χ1v) is 10.3. The maximum Gasteiger partial charge on any atom is 0.238 e. The summed E-state index contributed by atoms with van der Waals surface area (Å²) in [6.45, 7) is 0.900. The third-order valence-corrected chi connectivity index (χ3v) is 6.85. The summed E-state index contributed by atoms with van der Waals surface area (Å²) in [7, 11) is -3.58. The lowest BCUT2D eigenvalue weighted by atomic mass is 10.2. The molecular weight excluding hydrogens is 366 g/mol. The molecule has 7 nitrogen and oxygen atoms in total. The van der Waals surface area contributed by atoms with Crippen molar-refractivity contribution in [3.8, 4) is 0 Å². The predicted octanol–water partition coefficient (Wildman–Crippen LogP) is 1.74. The van der Waals surface area contributed by atoms with Gasteiger partial charge >= 0.3 is 0 Å². The Balaban J connectivity index is 1.90. The normalized spacial score (nSPS) is 15.4. The van der Waals surface area contributed by atoms with Gasteiger partial charge in [-0.15, -0.1) is 0 Å². The number of carbonyl (C=O) groups is 1. The maximum atomic E-state index is 13.3. The van der Waals surface area contributed by atoms with Gasteiger partial charge < -0.3 is 10.5 Å². The third-order valence-electron chi connectivity index (χ3n) is 4.58. The largest absolute Gasteiger partial charge is 0.381 e. The Morgan fingerprint density at radius 2 is 1.85 bits per heavy atom. The van der Waals surface area contributed by atoms with E-state index in [2.05, 4.69) is 4.98 Å². The van der Waals surface area contributed by atoms with Gasteiger partial charge in [-0.05, 0) is 37.1 Å². The number of hydrogen-bond acceptors (Lipinski definition) is 6. The molecule has 0 spiro atoms. The van der Waals surface area contributed by atoms with Crippen LogP contribution in [-0.4, -0.2) is 44.2 Å². The fourth-order valence-corrected chi connectivity index (χ4v) is 4.90. The number of sulfonamides is 1. The third kappa shape index (κ3) is 4.52. The molecule has 2 heterocycles. The van der Waals surface area contributed by atoms with Crippen molar-refractivity contribution in [3.63, 3.8) is 0 Å². The summed E-state index contributed by atoms with van der Waals surface area (Å²) in [5, 5.41) is -0.482. The fraction of sp³-hybridized carbons (Fsp3) is 0.368. The van der Waals surface area contributed by atoms with Crippen molar-refractivity contribution in [2.24, 2.45) is 5.73 Å². The number of aromatic nitrogens is 1. The lowest BCUT2D eigenvalue weighted by Crippen LogP contribution is -2.41. The number of anilines is 1. The van der Waals surface area contributed by atoms with Gasteiger partial charge in [0.2, 0.25) is 10.0 Å². The van der Waals surface area contributed by atoms with E-state index in [0.29, 0.717) is 43.0 Å². The van der Waals surface area contributed by atoms with Crippen LogP contribution in [-0.2, 0) is 21.3 Å². The lowest BCUT2D eigenvalue weighted by Gasteiger charge is -2.31. The maximum absolute atomic E-state index is 13.3. The number of benzene rings is 1. The van der Waals surface area contributed by atoms with E-state index in [1.54, 1.807) is 36.4 Å². The van der Waals surface area contributed by atoms with Crippen molar-refractivity contribution in [2.75, 3.05) is 24.1 Å². The minimum absolute atomic E-state index is 0.0880. The average molecular weight is 389 g/mol. The molecule has 0 atom stereocenters. The molecule has 27 heavy (non-hydrogen) atoms. The van der Waals surface area contributed by atoms with Crippen LogP contribution >= 0.6 is 0 Å². The number of hydrogen-bond donors (Lipinski definition) is 1. The molecule has 8 heteroatoms. The first kappa shape index (κ1) is 19.5. The number of para-hydroxylation sites is 1.